The van der Waals surface area contributed by atoms with Crippen LogP contribution in [0.5, 0.6) is 0 Å². The number of hydrogen-bond acceptors (Lipinski definition) is 5. The highest BCUT2D eigenvalue weighted by Gasteiger charge is 2.22. The third-order valence-electron chi connectivity index (χ3n) is 3.32. The summed E-state index contributed by atoms with van der Waals surface area (Å²) < 4.78 is 0. The van der Waals surface area contributed by atoms with Crippen LogP contribution in [0.15, 0.2) is 12.4 Å². The zero-order chi connectivity index (χ0) is 12.3. The van der Waals surface area contributed by atoms with Crippen LogP contribution in [-0.4, -0.2) is 54.6 Å². The molecule has 0 amide bonds. The second kappa shape index (κ2) is 5.42. The highest BCUT2D eigenvalue weighted by Crippen LogP contribution is 2.13. The maximum Gasteiger partial charge on any atom is 0.225 e. The zero-order valence-electron chi connectivity index (χ0n) is 10.8. The van der Waals surface area contributed by atoms with Gasteiger partial charge in [0.05, 0.1) is 0 Å². The van der Waals surface area contributed by atoms with Crippen LogP contribution < -0.4 is 10.2 Å². The smallest absolute Gasteiger partial charge is 0.225 e. The van der Waals surface area contributed by atoms with Crippen molar-refractivity contribution in [1.29, 1.82) is 0 Å². The number of aromatic nitrogens is 2. The van der Waals surface area contributed by atoms with Crippen LogP contribution >= 0.6 is 0 Å². The van der Waals surface area contributed by atoms with Crippen LogP contribution in [0.3, 0.4) is 0 Å². The fraction of sp³-hybridized carbons (Fsp3) is 0.667. The van der Waals surface area contributed by atoms with Crippen molar-refractivity contribution >= 4 is 5.95 Å². The normalized spacial score (nSPS) is 21.8. The maximum atomic E-state index is 4.44. The first-order valence-corrected chi connectivity index (χ1v) is 6.11. The van der Waals surface area contributed by atoms with Crippen molar-refractivity contribution in [2.24, 2.45) is 0 Å². The summed E-state index contributed by atoms with van der Waals surface area (Å²) in [4.78, 5) is 13.5. The van der Waals surface area contributed by atoms with E-state index in [9.17, 15) is 0 Å². The number of rotatable bonds is 3. The average molecular weight is 235 g/mol. The molecule has 5 heteroatoms. The molecule has 2 heterocycles. The van der Waals surface area contributed by atoms with Gasteiger partial charge in [-0.2, -0.15) is 0 Å². The van der Waals surface area contributed by atoms with Gasteiger partial charge >= 0.3 is 0 Å². The molecule has 1 N–H and O–H groups in total. The van der Waals surface area contributed by atoms with Gasteiger partial charge in [-0.05, 0) is 21.0 Å². The second-order valence-electron chi connectivity index (χ2n) is 4.70. The molecule has 1 aromatic rings. The summed E-state index contributed by atoms with van der Waals surface area (Å²) in [6.07, 6.45) is 3.81. The molecule has 1 fully saturated rings. The van der Waals surface area contributed by atoms with Crippen LogP contribution in [0, 0.1) is 0 Å². The Kier molecular flexibility index (Phi) is 3.91. The Morgan fingerprint density at radius 2 is 2.06 bits per heavy atom. The molecule has 1 atom stereocenters. The van der Waals surface area contributed by atoms with E-state index in [0.29, 0.717) is 6.04 Å². The second-order valence-corrected chi connectivity index (χ2v) is 4.70. The maximum absolute atomic E-state index is 4.44. The van der Waals surface area contributed by atoms with Gasteiger partial charge in [-0.3, -0.25) is 0 Å². The minimum absolute atomic E-state index is 0.560. The van der Waals surface area contributed by atoms with Crippen LogP contribution in [0.2, 0.25) is 0 Å². The molecule has 0 saturated carbocycles. The van der Waals surface area contributed by atoms with Crippen molar-refractivity contribution in [3.63, 3.8) is 0 Å². The number of anilines is 1. The number of piperazine rings is 1. The largest absolute Gasteiger partial charge is 0.338 e. The standard InChI is InChI=1S/C12H21N5/c1-10-9-17(5-4-16(10)3)12-14-7-11(6-13-2)8-15-12/h7-8,10,13H,4-6,9H2,1-3H3. The summed E-state index contributed by atoms with van der Waals surface area (Å²) in [6, 6.07) is 0.560. The first kappa shape index (κ1) is 12.3. The Bertz CT molecular complexity index is 350. The Morgan fingerprint density at radius 1 is 1.35 bits per heavy atom. The summed E-state index contributed by atoms with van der Waals surface area (Å²) in [5, 5.41) is 3.10. The van der Waals surface area contributed by atoms with Crippen LogP contribution in [-0.2, 0) is 6.54 Å². The number of nitrogens with zero attached hydrogens (tertiary/aromatic N) is 4. The molecule has 1 unspecified atom stereocenters. The van der Waals surface area contributed by atoms with Crippen molar-refractivity contribution in [2.45, 2.75) is 19.5 Å². The zero-order valence-corrected chi connectivity index (χ0v) is 10.8. The molecule has 1 saturated heterocycles. The molecule has 1 aliphatic rings. The van der Waals surface area contributed by atoms with E-state index in [4.69, 9.17) is 0 Å². The molecule has 0 bridgehead atoms. The van der Waals surface area contributed by atoms with Gasteiger partial charge in [-0.25, -0.2) is 9.97 Å². The van der Waals surface area contributed by atoms with Crippen LogP contribution in [0.1, 0.15) is 12.5 Å². The van der Waals surface area contributed by atoms with Gasteiger partial charge in [0.25, 0.3) is 0 Å². The van der Waals surface area contributed by atoms with Gasteiger partial charge in [0.2, 0.25) is 5.95 Å². The summed E-state index contributed by atoms with van der Waals surface area (Å²) in [5.74, 6) is 0.852. The van der Waals surface area contributed by atoms with Crippen molar-refractivity contribution in [3.05, 3.63) is 18.0 Å². The number of hydrogen-bond donors (Lipinski definition) is 1. The lowest BCUT2D eigenvalue weighted by molar-refractivity contribution is 0.233. The summed E-state index contributed by atoms with van der Waals surface area (Å²) in [5.41, 5.74) is 1.12. The van der Waals surface area contributed by atoms with Gasteiger partial charge in [0.15, 0.2) is 0 Å². The predicted molar refractivity (Wildman–Crippen MR) is 69.1 cm³/mol. The summed E-state index contributed by atoms with van der Waals surface area (Å²) >= 11 is 0. The predicted octanol–water partition coefficient (Wildman–Crippen LogP) is 0.336. The van der Waals surface area contributed by atoms with Gasteiger partial charge in [0, 0.05) is 50.2 Å². The lowest BCUT2D eigenvalue weighted by atomic mass is 10.2. The van der Waals surface area contributed by atoms with Gasteiger partial charge < -0.3 is 15.1 Å². The molecule has 0 aliphatic carbocycles. The van der Waals surface area contributed by atoms with E-state index in [0.717, 1.165) is 37.7 Å². The molecule has 17 heavy (non-hydrogen) atoms. The van der Waals surface area contributed by atoms with Crippen LogP contribution in [0.4, 0.5) is 5.95 Å². The highest BCUT2D eigenvalue weighted by molar-refractivity contribution is 5.31. The lowest BCUT2D eigenvalue weighted by Crippen LogP contribution is -2.50. The molecule has 94 valence electrons. The number of nitrogens with one attached hydrogen (secondary N) is 1. The summed E-state index contributed by atoms with van der Waals surface area (Å²) in [7, 11) is 4.09. The van der Waals surface area contributed by atoms with E-state index in [1.807, 2.05) is 19.4 Å². The van der Waals surface area contributed by atoms with E-state index in [1.165, 1.54) is 0 Å². The van der Waals surface area contributed by atoms with Gasteiger partial charge in [0.1, 0.15) is 0 Å². The minimum atomic E-state index is 0.560. The lowest BCUT2D eigenvalue weighted by Gasteiger charge is -2.37. The van der Waals surface area contributed by atoms with Crippen molar-refractivity contribution in [1.82, 2.24) is 20.2 Å². The molecule has 0 spiro atoms. The first-order chi connectivity index (χ1) is 8.20. The monoisotopic (exact) mass is 235 g/mol. The third-order valence-corrected chi connectivity index (χ3v) is 3.32. The van der Waals surface area contributed by atoms with E-state index >= 15 is 0 Å². The average Bonchev–Trinajstić information content (AvgIpc) is 2.34. The van der Waals surface area contributed by atoms with Crippen molar-refractivity contribution in [3.8, 4) is 0 Å². The van der Waals surface area contributed by atoms with E-state index in [-0.39, 0.29) is 0 Å². The number of likely N-dealkylation sites (N-methyl/N-ethyl adjacent to an activating group) is 1. The fourth-order valence-corrected chi connectivity index (χ4v) is 2.04. The first-order valence-electron chi connectivity index (χ1n) is 6.11. The third kappa shape index (κ3) is 2.92. The van der Waals surface area contributed by atoms with Gasteiger partial charge in [-0.15, -0.1) is 0 Å². The molecule has 1 aromatic heterocycles. The van der Waals surface area contributed by atoms with Crippen molar-refractivity contribution < 1.29 is 0 Å². The molecule has 0 radical (unpaired) electrons. The Labute approximate surface area is 103 Å². The Morgan fingerprint density at radius 3 is 2.65 bits per heavy atom. The SMILES string of the molecule is CNCc1cnc(N2CCN(C)C(C)C2)nc1. The summed E-state index contributed by atoms with van der Waals surface area (Å²) in [6.45, 7) is 6.14. The Balaban J connectivity index is 2.02. The topological polar surface area (TPSA) is 44.3 Å². The van der Waals surface area contributed by atoms with Crippen LogP contribution in [0.25, 0.3) is 0 Å². The van der Waals surface area contributed by atoms with E-state index < -0.39 is 0 Å². The molecule has 1 aliphatic heterocycles. The quantitative estimate of drug-likeness (QED) is 0.818. The highest BCUT2D eigenvalue weighted by atomic mass is 15.3. The van der Waals surface area contributed by atoms with E-state index in [1.54, 1.807) is 0 Å². The molecule has 5 nitrogen and oxygen atoms in total. The molecular formula is C12H21N5. The van der Waals surface area contributed by atoms with Crippen molar-refractivity contribution in [2.75, 3.05) is 38.6 Å². The Hall–Kier alpha value is -1.20. The molecular weight excluding hydrogens is 214 g/mol. The fourth-order valence-electron chi connectivity index (χ4n) is 2.04. The van der Waals surface area contributed by atoms with Gasteiger partial charge in [-0.1, -0.05) is 0 Å². The molecule has 0 aromatic carbocycles. The van der Waals surface area contributed by atoms with E-state index in [2.05, 4.69) is 39.1 Å². The molecule has 2 rings (SSSR count). The minimum Gasteiger partial charge on any atom is -0.338 e.